The minimum atomic E-state index is -0.360. The lowest BCUT2D eigenvalue weighted by molar-refractivity contribution is -0.123. The molecule has 0 atom stereocenters. The summed E-state index contributed by atoms with van der Waals surface area (Å²) in [5.41, 5.74) is 3.26. The van der Waals surface area contributed by atoms with Gasteiger partial charge in [-0.05, 0) is 40.4 Å². The quantitative estimate of drug-likeness (QED) is 0.356. The summed E-state index contributed by atoms with van der Waals surface area (Å²) in [6.07, 6.45) is 1.57. The van der Waals surface area contributed by atoms with Crippen molar-refractivity contribution in [3.8, 4) is 17.2 Å². The zero-order valence-corrected chi connectivity index (χ0v) is 17.3. The van der Waals surface area contributed by atoms with E-state index in [0.717, 1.165) is 32.9 Å². The van der Waals surface area contributed by atoms with Gasteiger partial charge < -0.3 is 14.2 Å². The van der Waals surface area contributed by atoms with Crippen LogP contribution in [0.4, 0.5) is 0 Å². The number of carbonyl (C=O) groups is 1. The van der Waals surface area contributed by atoms with Crippen LogP contribution in [0.25, 0.3) is 21.5 Å². The monoisotopic (exact) mass is 414 g/mol. The van der Waals surface area contributed by atoms with Crippen LogP contribution in [-0.2, 0) is 4.79 Å². The Balaban J connectivity index is 1.48. The maximum Gasteiger partial charge on any atom is 0.277 e. The predicted octanol–water partition coefficient (Wildman–Crippen LogP) is 4.54. The molecule has 0 saturated heterocycles. The van der Waals surface area contributed by atoms with Crippen LogP contribution in [0.15, 0.2) is 77.9 Å². The fourth-order valence-electron chi connectivity index (χ4n) is 3.41. The lowest BCUT2D eigenvalue weighted by atomic mass is 10.0. The number of ether oxygens (including phenoxy) is 3. The van der Waals surface area contributed by atoms with E-state index in [1.54, 1.807) is 20.4 Å². The number of amides is 1. The Morgan fingerprint density at radius 3 is 2.48 bits per heavy atom. The maximum atomic E-state index is 12.3. The lowest BCUT2D eigenvalue weighted by Gasteiger charge is -2.10. The molecule has 31 heavy (non-hydrogen) atoms. The van der Waals surface area contributed by atoms with Gasteiger partial charge in [-0.3, -0.25) is 4.79 Å². The second kappa shape index (κ2) is 9.17. The van der Waals surface area contributed by atoms with Crippen LogP contribution in [0, 0.1) is 0 Å². The Labute approximate surface area is 180 Å². The van der Waals surface area contributed by atoms with Gasteiger partial charge in [-0.25, -0.2) is 5.43 Å². The largest absolute Gasteiger partial charge is 0.497 e. The van der Waals surface area contributed by atoms with E-state index in [1.807, 2.05) is 72.8 Å². The lowest BCUT2D eigenvalue weighted by Crippen LogP contribution is -2.24. The molecule has 0 heterocycles. The Morgan fingerprint density at radius 1 is 0.871 bits per heavy atom. The van der Waals surface area contributed by atoms with E-state index < -0.39 is 0 Å². The van der Waals surface area contributed by atoms with Crippen LogP contribution in [0.1, 0.15) is 5.56 Å². The third-order valence-corrected chi connectivity index (χ3v) is 4.94. The van der Waals surface area contributed by atoms with Crippen LogP contribution < -0.4 is 19.6 Å². The van der Waals surface area contributed by atoms with Crippen molar-refractivity contribution in [1.29, 1.82) is 0 Å². The van der Waals surface area contributed by atoms with Crippen molar-refractivity contribution in [1.82, 2.24) is 5.43 Å². The van der Waals surface area contributed by atoms with Crippen molar-refractivity contribution >= 4 is 33.7 Å². The van der Waals surface area contributed by atoms with Gasteiger partial charge in [0.05, 0.1) is 20.4 Å². The molecule has 0 bridgehead atoms. The average molecular weight is 414 g/mol. The fourth-order valence-corrected chi connectivity index (χ4v) is 3.41. The first kappa shape index (κ1) is 20.2. The number of benzene rings is 4. The summed E-state index contributed by atoms with van der Waals surface area (Å²) >= 11 is 0. The summed E-state index contributed by atoms with van der Waals surface area (Å²) in [7, 11) is 3.21. The Bertz CT molecular complexity index is 1260. The molecule has 0 aromatic heterocycles. The van der Waals surface area contributed by atoms with Gasteiger partial charge >= 0.3 is 0 Å². The van der Waals surface area contributed by atoms with Crippen LogP contribution in [-0.4, -0.2) is 32.9 Å². The van der Waals surface area contributed by atoms with Gasteiger partial charge in [0.1, 0.15) is 17.2 Å². The van der Waals surface area contributed by atoms with Gasteiger partial charge in [0.25, 0.3) is 5.91 Å². The van der Waals surface area contributed by atoms with E-state index >= 15 is 0 Å². The number of hydrogen-bond donors (Lipinski definition) is 1. The molecule has 1 amide bonds. The Kier molecular flexibility index (Phi) is 5.98. The van der Waals surface area contributed by atoms with Crippen molar-refractivity contribution in [3.63, 3.8) is 0 Å². The number of fused-ring (bicyclic) bond motifs is 2. The van der Waals surface area contributed by atoms with Crippen LogP contribution >= 0.6 is 0 Å². The van der Waals surface area contributed by atoms with Crippen LogP contribution in [0.2, 0.25) is 0 Å². The molecule has 0 spiro atoms. The first-order chi connectivity index (χ1) is 15.2. The van der Waals surface area contributed by atoms with Gasteiger partial charge in [0.15, 0.2) is 6.61 Å². The highest BCUT2D eigenvalue weighted by Gasteiger charge is 2.09. The van der Waals surface area contributed by atoms with Gasteiger partial charge in [0, 0.05) is 10.9 Å². The van der Waals surface area contributed by atoms with Crippen molar-refractivity contribution < 1.29 is 19.0 Å². The highest BCUT2D eigenvalue weighted by atomic mass is 16.5. The molecule has 156 valence electrons. The Morgan fingerprint density at radius 2 is 1.65 bits per heavy atom. The second-order valence-corrected chi connectivity index (χ2v) is 6.83. The van der Waals surface area contributed by atoms with Crippen LogP contribution in [0.5, 0.6) is 17.2 Å². The fraction of sp³-hybridized carbons (Fsp3) is 0.120. The molecule has 0 aliphatic heterocycles. The molecular formula is C25H22N2O4. The third kappa shape index (κ3) is 4.43. The van der Waals surface area contributed by atoms with Crippen molar-refractivity contribution in [2.75, 3.05) is 20.8 Å². The van der Waals surface area contributed by atoms with E-state index in [-0.39, 0.29) is 12.5 Å². The number of methoxy groups -OCH3 is 2. The molecule has 0 unspecified atom stereocenters. The van der Waals surface area contributed by atoms with Crippen molar-refractivity contribution in [2.45, 2.75) is 0 Å². The van der Waals surface area contributed by atoms with Gasteiger partial charge in [-0.1, -0.05) is 48.5 Å². The highest BCUT2D eigenvalue weighted by molar-refractivity contribution is 6.03. The zero-order chi connectivity index (χ0) is 21.6. The standard InChI is InChI=1S/C25H22N2O4/c1-29-19-12-10-18-11-13-23(30-2)22(21(18)14-19)15-26-27-25(28)16-31-24-9-5-7-17-6-3-4-8-20(17)24/h3-15H,16H2,1-2H3,(H,27,28)/b26-15+. The second-order valence-electron chi connectivity index (χ2n) is 6.83. The molecule has 0 fully saturated rings. The minimum absolute atomic E-state index is 0.147. The topological polar surface area (TPSA) is 69.2 Å². The number of rotatable bonds is 7. The maximum absolute atomic E-state index is 12.3. The molecule has 0 saturated carbocycles. The summed E-state index contributed by atoms with van der Waals surface area (Å²) in [4.78, 5) is 12.3. The third-order valence-electron chi connectivity index (χ3n) is 4.94. The first-order valence-electron chi connectivity index (χ1n) is 9.77. The molecule has 0 aliphatic carbocycles. The average Bonchev–Trinajstić information content (AvgIpc) is 2.82. The molecule has 6 nitrogen and oxygen atoms in total. The predicted molar refractivity (Wildman–Crippen MR) is 122 cm³/mol. The van der Waals surface area contributed by atoms with E-state index in [4.69, 9.17) is 14.2 Å². The molecule has 0 radical (unpaired) electrons. The summed E-state index contributed by atoms with van der Waals surface area (Å²) in [5, 5.41) is 8.03. The molecular weight excluding hydrogens is 392 g/mol. The van der Waals surface area contributed by atoms with E-state index in [1.165, 1.54) is 0 Å². The van der Waals surface area contributed by atoms with Crippen LogP contribution in [0.3, 0.4) is 0 Å². The SMILES string of the molecule is COc1ccc2ccc(OC)c(/C=N/NC(=O)COc3cccc4ccccc34)c2c1. The minimum Gasteiger partial charge on any atom is -0.497 e. The van der Waals surface area contributed by atoms with Crippen molar-refractivity contribution in [3.05, 3.63) is 78.4 Å². The molecule has 4 aromatic carbocycles. The van der Waals surface area contributed by atoms with Gasteiger partial charge in [-0.15, -0.1) is 0 Å². The molecule has 4 rings (SSSR count). The number of hydrazone groups is 1. The number of nitrogens with zero attached hydrogens (tertiary/aromatic N) is 1. The Hall–Kier alpha value is -4.06. The molecule has 6 heteroatoms. The van der Waals surface area contributed by atoms with Crippen molar-refractivity contribution in [2.24, 2.45) is 5.10 Å². The van der Waals surface area contributed by atoms with E-state index in [0.29, 0.717) is 11.5 Å². The summed E-state index contributed by atoms with van der Waals surface area (Å²) < 4.78 is 16.5. The smallest absolute Gasteiger partial charge is 0.277 e. The highest BCUT2D eigenvalue weighted by Crippen LogP contribution is 2.29. The normalized spacial score (nSPS) is 11.0. The van der Waals surface area contributed by atoms with Gasteiger partial charge in [-0.2, -0.15) is 5.10 Å². The number of hydrogen-bond acceptors (Lipinski definition) is 5. The molecule has 1 N–H and O–H groups in total. The first-order valence-corrected chi connectivity index (χ1v) is 9.77. The van der Waals surface area contributed by atoms with E-state index in [2.05, 4.69) is 10.5 Å². The molecule has 0 aliphatic rings. The summed E-state index contributed by atoms with van der Waals surface area (Å²) in [5.74, 6) is 1.66. The van der Waals surface area contributed by atoms with E-state index in [9.17, 15) is 4.79 Å². The molecule has 4 aromatic rings. The number of nitrogens with one attached hydrogen (secondary N) is 1. The summed E-state index contributed by atoms with van der Waals surface area (Å²) in [6.45, 7) is -0.147. The van der Waals surface area contributed by atoms with Gasteiger partial charge in [0.2, 0.25) is 0 Å². The number of carbonyl (C=O) groups excluding carboxylic acids is 1. The zero-order valence-electron chi connectivity index (χ0n) is 17.3. The summed E-state index contributed by atoms with van der Waals surface area (Å²) in [6, 6.07) is 23.2.